The van der Waals surface area contributed by atoms with E-state index in [-0.39, 0.29) is 0 Å². The highest BCUT2D eigenvalue weighted by Crippen LogP contribution is 2.32. The van der Waals surface area contributed by atoms with Gasteiger partial charge in [0, 0.05) is 23.7 Å². The Balaban J connectivity index is 2.01. The maximum absolute atomic E-state index is 6.35. The number of halogens is 1. The van der Waals surface area contributed by atoms with Crippen LogP contribution in [0.4, 0.5) is 0 Å². The van der Waals surface area contributed by atoms with Gasteiger partial charge in [-0.2, -0.15) is 0 Å². The summed E-state index contributed by atoms with van der Waals surface area (Å²) < 4.78 is 0. The van der Waals surface area contributed by atoms with Crippen LogP contribution in [0.25, 0.3) is 0 Å². The van der Waals surface area contributed by atoms with Gasteiger partial charge in [0.2, 0.25) is 0 Å². The van der Waals surface area contributed by atoms with Crippen LogP contribution in [0.5, 0.6) is 0 Å². The van der Waals surface area contributed by atoms with Crippen LogP contribution in [0, 0.1) is 5.92 Å². The highest BCUT2D eigenvalue weighted by atomic mass is 35.5. The molecule has 0 spiro atoms. The second-order valence-electron chi connectivity index (χ2n) is 6.49. The summed E-state index contributed by atoms with van der Waals surface area (Å²) in [5.41, 5.74) is 7.27. The van der Waals surface area contributed by atoms with Crippen molar-refractivity contribution in [3.05, 3.63) is 34.9 Å². The van der Waals surface area contributed by atoms with Crippen molar-refractivity contribution in [1.82, 2.24) is 4.90 Å². The smallest absolute Gasteiger partial charge is 0.0453 e. The van der Waals surface area contributed by atoms with Gasteiger partial charge in [-0.3, -0.25) is 4.90 Å². The zero-order valence-electron chi connectivity index (χ0n) is 13.4. The third-order valence-corrected chi connectivity index (χ3v) is 5.49. The fraction of sp³-hybridized carbons (Fsp3) is 0.667. The van der Waals surface area contributed by atoms with Crippen LogP contribution >= 0.6 is 11.6 Å². The molecule has 0 aromatic heterocycles. The van der Waals surface area contributed by atoms with Gasteiger partial charge >= 0.3 is 0 Å². The van der Waals surface area contributed by atoms with Crippen LogP contribution < -0.4 is 5.73 Å². The highest BCUT2D eigenvalue weighted by Gasteiger charge is 2.25. The number of likely N-dealkylation sites (N-methyl/N-ethyl adjacent to an activating group) is 1. The Hall–Kier alpha value is -0.570. The van der Waals surface area contributed by atoms with Crippen molar-refractivity contribution < 1.29 is 0 Å². The Morgan fingerprint density at radius 2 is 1.90 bits per heavy atom. The molecule has 2 nitrogen and oxygen atoms in total. The molecule has 1 aromatic rings. The third kappa shape index (κ3) is 4.45. The molecule has 21 heavy (non-hydrogen) atoms. The van der Waals surface area contributed by atoms with Crippen molar-refractivity contribution in [1.29, 1.82) is 0 Å². The Bertz CT molecular complexity index is 429. The predicted molar refractivity (Wildman–Crippen MR) is 91.7 cm³/mol. The van der Waals surface area contributed by atoms with Crippen LogP contribution in [0.2, 0.25) is 5.02 Å². The summed E-state index contributed by atoms with van der Waals surface area (Å²) in [6.07, 6.45) is 8.19. The van der Waals surface area contributed by atoms with Crippen molar-refractivity contribution in [3.8, 4) is 0 Å². The molecule has 0 heterocycles. The minimum Gasteiger partial charge on any atom is -0.329 e. The first-order valence-corrected chi connectivity index (χ1v) is 8.67. The lowest BCUT2D eigenvalue weighted by Crippen LogP contribution is -2.41. The van der Waals surface area contributed by atoms with Gasteiger partial charge in [0.15, 0.2) is 0 Å². The molecule has 0 bridgehead atoms. The number of rotatable bonds is 6. The van der Waals surface area contributed by atoms with Crippen LogP contribution in [-0.2, 0) is 0 Å². The second-order valence-corrected chi connectivity index (χ2v) is 6.90. The van der Waals surface area contributed by atoms with E-state index in [1.807, 2.05) is 12.1 Å². The third-order valence-electron chi connectivity index (χ3n) is 5.14. The Morgan fingerprint density at radius 3 is 2.52 bits per heavy atom. The summed E-state index contributed by atoms with van der Waals surface area (Å²) in [5.74, 6) is 0.855. The van der Waals surface area contributed by atoms with Crippen molar-refractivity contribution in [2.75, 3.05) is 13.6 Å². The van der Waals surface area contributed by atoms with Crippen LogP contribution in [0.1, 0.15) is 57.1 Å². The molecule has 0 radical (unpaired) electrons. The van der Waals surface area contributed by atoms with Gasteiger partial charge in [-0.25, -0.2) is 0 Å². The van der Waals surface area contributed by atoms with Gasteiger partial charge in [-0.15, -0.1) is 0 Å². The molecule has 1 aliphatic carbocycles. The quantitative estimate of drug-likeness (QED) is 0.830. The van der Waals surface area contributed by atoms with E-state index in [4.69, 9.17) is 17.3 Å². The van der Waals surface area contributed by atoms with Gasteiger partial charge in [0.25, 0.3) is 0 Å². The molecule has 1 saturated carbocycles. The minimum atomic E-state index is 0.302. The average molecular weight is 309 g/mol. The normalized spacial score (nSPS) is 19.7. The first-order chi connectivity index (χ1) is 10.1. The maximum Gasteiger partial charge on any atom is 0.0453 e. The van der Waals surface area contributed by atoms with Crippen LogP contribution in [0.15, 0.2) is 24.3 Å². The van der Waals surface area contributed by atoms with Crippen LogP contribution in [-0.4, -0.2) is 24.5 Å². The Kier molecular flexibility index (Phi) is 6.53. The van der Waals surface area contributed by atoms with E-state index in [0.29, 0.717) is 12.1 Å². The fourth-order valence-electron chi connectivity index (χ4n) is 3.59. The molecule has 3 heteroatoms. The predicted octanol–water partition coefficient (Wildman–Crippen LogP) is 4.63. The molecule has 2 N–H and O–H groups in total. The lowest BCUT2D eigenvalue weighted by atomic mass is 9.84. The highest BCUT2D eigenvalue weighted by molar-refractivity contribution is 6.31. The molecule has 2 atom stereocenters. The second kappa shape index (κ2) is 8.17. The van der Waals surface area contributed by atoms with E-state index in [1.54, 1.807) is 0 Å². The standard InChI is InChI=1S/C18H29ClN2/c1-14(17-10-6-7-11-18(17)19)21(2)16(13-20)12-15-8-4-3-5-9-15/h6-7,10-11,14-16H,3-5,8-9,12-13,20H2,1-2H3. The molecule has 1 fully saturated rings. The summed E-state index contributed by atoms with van der Waals surface area (Å²) in [4.78, 5) is 2.41. The summed E-state index contributed by atoms with van der Waals surface area (Å²) in [6.45, 7) is 2.95. The van der Waals surface area contributed by atoms with Gasteiger partial charge in [0.1, 0.15) is 0 Å². The number of nitrogens with two attached hydrogens (primary N) is 1. The largest absolute Gasteiger partial charge is 0.329 e. The lowest BCUT2D eigenvalue weighted by Gasteiger charge is -2.36. The van der Waals surface area contributed by atoms with Gasteiger partial charge in [-0.1, -0.05) is 61.9 Å². The Labute approximate surface area is 134 Å². The van der Waals surface area contributed by atoms with E-state index >= 15 is 0 Å². The summed E-state index contributed by atoms with van der Waals surface area (Å²) in [5, 5.41) is 0.852. The molecular weight excluding hydrogens is 280 g/mol. The number of nitrogens with zero attached hydrogens (tertiary/aromatic N) is 1. The van der Waals surface area contributed by atoms with Crippen molar-refractivity contribution in [2.24, 2.45) is 11.7 Å². The first-order valence-electron chi connectivity index (χ1n) is 8.30. The summed E-state index contributed by atoms with van der Waals surface area (Å²) >= 11 is 6.35. The van der Waals surface area contributed by atoms with Crippen molar-refractivity contribution in [2.45, 2.75) is 57.5 Å². The van der Waals surface area contributed by atoms with Gasteiger partial charge in [0.05, 0.1) is 0 Å². The summed E-state index contributed by atoms with van der Waals surface area (Å²) in [6, 6.07) is 8.89. The molecular formula is C18H29ClN2. The molecule has 0 amide bonds. The molecule has 2 unspecified atom stereocenters. The monoisotopic (exact) mass is 308 g/mol. The number of benzene rings is 1. The van der Waals surface area contributed by atoms with Crippen LogP contribution in [0.3, 0.4) is 0 Å². The summed E-state index contributed by atoms with van der Waals surface area (Å²) in [7, 11) is 2.19. The van der Waals surface area contributed by atoms with E-state index in [1.165, 1.54) is 44.1 Å². The number of hydrogen-bond donors (Lipinski definition) is 1. The van der Waals surface area contributed by atoms with E-state index < -0.39 is 0 Å². The van der Waals surface area contributed by atoms with Gasteiger partial charge < -0.3 is 5.73 Å². The molecule has 1 aromatic carbocycles. The molecule has 0 saturated heterocycles. The lowest BCUT2D eigenvalue weighted by molar-refractivity contribution is 0.151. The first kappa shape index (κ1) is 16.8. The van der Waals surface area contributed by atoms with Gasteiger partial charge in [-0.05, 0) is 37.9 Å². The zero-order valence-corrected chi connectivity index (χ0v) is 14.1. The molecule has 2 rings (SSSR count). The minimum absolute atomic E-state index is 0.302. The molecule has 118 valence electrons. The van der Waals surface area contributed by atoms with E-state index in [2.05, 4.69) is 31.0 Å². The zero-order chi connectivity index (χ0) is 15.2. The molecule has 0 aliphatic heterocycles. The topological polar surface area (TPSA) is 29.3 Å². The van der Waals surface area contributed by atoms with Crippen molar-refractivity contribution in [3.63, 3.8) is 0 Å². The Morgan fingerprint density at radius 1 is 1.24 bits per heavy atom. The SMILES string of the molecule is CC(c1ccccc1Cl)N(C)C(CN)CC1CCCCC1. The van der Waals surface area contributed by atoms with E-state index in [0.717, 1.165) is 17.5 Å². The fourth-order valence-corrected chi connectivity index (χ4v) is 3.88. The molecule has 1 aliphatic rings. The maximum atomic E-state index is 6.35. The average Bonchev–Trinajstić information content (AvgIpc) is 2.53. The van der Waals surface area contributed by atoms with Crippen molar-refractivity contribution >= 4 is 11.6 Å². The van der Waals surface area contributed by atoms with E-state index in [9.17, 15) is 0 Å². The number of hydrogen-bond acceptors (Lipinski definition) is 2.